The molecule has 0 aromatic heterocycles. The van der Waals surface area contributed by atoms with E-state index < -0.39 is 0 Å². The monoisotopic (exact) mass is 416 g/mol. The van der Waals surface area contributed by atoms with Gasteiger partial charge in [-0.1, -0.05) is 100 Å². The molecule has 0 bridgehead atoms. The van der Waals surface area contributed by atoms with E-state index in [-0.39, 0.29) is 0 Å². The van der Waals surface area contributed by atoms with Gasteiger partial charge in [0, 0.05) is 0 Å². The van der Waals surface area contributed by atoms with Crippen LogP contribution in [0.5, 0.6) is 0 Å². The second-order valence-corrected chi connectivity index (χ2v) is 14.1. The van der Waals surface area contributed by atoms with Gasteiger partial charge in [-0.3, -0.25) is 0 Å². The molecule has 3 saturated carbocycles. The van der Waals surface area contributed by atoms with Crippen molar-refractivity contribution in [1.82, 2.24) is 0 Å². The van der Waals surface area contributed by atoms with E-state index in [9.17, 15) is 0 Å². The lowest BCUT2D eigenvalue weighted by atomic mass is 9.46. The Morgan fingerprint density at radius 1 is 0.700 bits per heavy atom. The summed E-state index contributed by atoms with van der Waals surface area (Å²) in [5.41, 5.74) is 1.76. The Balaban J connectivity index is 1.50. The first-order valence-corrected chi connectivity index (χ1v) is 14.0. The molecule has 0 aromatic carbocycles. The molecule has 0 N–H and O–H groups in total. The maximum atomic E-state index is 2.70. The highest BCUT2D eigenvalue weighted by atomic mass is 14.6. The number of fused-ring (bicyclic) bond motifs is 1. The van der Waals surface area contributed by atoms with Gasteiger partial charge in [0.2, 0.25) is 0 Å². The first kappa shape index (κ1) is 24.6. The van der Waals surface area contributed by atoms with Crippen molar-refractivity contribution in [3.05, 3.63) is 0 Å². The van der Waals surface area contributed by atoms with Crippen LogP contribution in [-0.4, -0.2) is 0 Å². The second kappa shape index (κ2) is 9.47. The molecule has 3 rings (SSSR count). The SMILES string of the molecule is CC(CCCC1C(C)CCC2C(C)(C)CCCC12C)CCC1C(C)CCCC1(C)C. The molecule has 176 valence electrons. The summed E-state index contributed by atoms with van der Waals surface area (Å²) in [6, 6.07) is 0. The van der Waals surface area contributed by atoms with Crippen LogP contribution in [0.25, 0.3) is 0 Å². The molecule has 0 aliphatic heterocycles. The summed E-state index contributed by atoms with van der Waals surface area (Å²) in [5.74, 6) is 5.69. The van der Waals surface area contributed by atoms with E-state index >= 15 is 0 Å². The third kappa shape index (κ3) is 5.14. The maximum Gasteiger partial charge on any atom is -0.0262 e. The highest BCUT2D eigenvalue weighted by Gasteiger charge is 2.53. The van der Waals surface area contributed by atoms with Gasteiger partial charge >= 0.3 is 0 Å². The van der Waals surface area contributed by atoms with Crippen LogP contribution in [0.4, 0.5) is 0 Å². The van der Waals surface area contributed by atoms with Gasteiger partial charge < -0.3 is 0 Å². The van der Waals surface area contributed by atoms with Crippen molar-refractivity contribution in [3.63, 3.8) is 0 Å². The van der Waals surface area contributed by atoms with Crippen LogP contribution in [0.2, 0.25) is 0 Å². The molecule has 7 unspecified atom stereocenters. The molecule has 3 aliphatic carbocycles. The van der Waals surface area contributed by atoms with Crippen LogP contribution in [0.3, 0.4) is 0 Å². The lowest BCUT2D eigenvalue weighted by Crippen LogP contribution is -2.51. The molecule has 0 spiro atoms. The van der Waals surface area contributed by atoms with E-state index in [1.54, 1.807) is 0 Å². The van der Waals surface area contributed by atoms with Crippen molar-refractivity contribution >= 4 is 0 Å². The van der Waals surface area contributed by atoms with Crippen molar-refractivity contribution in [2.24, 2.45) is 51.8 Å². The molecule has 30 heavy (non-hydrogen) atoms. The zero-order chi connectivity index (χ0) is 22.2. The highest BCUT2D eigenvalue weighted by Crippen LogP contribution is 2.62. The Morgan fingerprint density at radius 2 is 1.37 bits per heavy atom. The molecule has 7 atom stereocenters. The first-order chi connectivity index (χ1) is 14.0. The Bertz CT molecular complexity index is 542. The maximum absolute atomic E-state index is 2.70. The second-order valence-electron chi connectivity index (χ2n) is 14.1. The summed E-state index contributed by atoms with van der Waals surface area (Å²) in [4.78, 5) is 0. The minimum absolute atomic E-state index is 0.572. The normalized spacial score (nSPS) is 41.8. The molecule has 3 aliphatic rings. The number of hydrogen-bond acceptors (Lipinski definition) is 0. The van der Waals surface area contributed by atoms with Crippen LogP contribution < -0.4 is 0 Å². The topological polar surface area (TPSA) is 0 Å². The molecule has 0 heteroatoms. The van der Waals surface area contributed by atoms with Gasteiger partial charge in [0.25, 0.3) is 0 Å². The summed E-state index contributed by atoms with van der Waals surface area (Å²) in [7, 11) is 0. The van der Waals surface area contributed by atoms with E-state index in [2.05, 4.69) is 55.4 Å². The summed E-state index contributed by atoms with van der Waals surface area (Å²) >= 11 is 0. The zero-order valence-corrected chi connectivity index (χ0v) is 22.2. The smallest absolute Gasteiger partial charge is 0.0262 e. The quantitative estimate of drug-likeness (QED) is 0.387. The summed E-state index contributed by atoms with van der Waals surface area (Å²) < 4.78 is 0. The molecular formula is C30H56. The van der Waals surface area contributed by atoms with Crippen molar-refractivity contribution in [2.75, 3.05) is 0 Å². The molecular weight excluding hydrogens is 360 g/mol. The summed E-state index contributed by atoms with van der Waals surface area (Å²) in [5, 5.41) is 0. The van der Waals surface area contributed by atoms with E-state index in [1.807, 2.05) is 0 Å². The molecule has 0 radical (unpaired) electrons. The van der Waals surface area contributed by atoms with E-state index in [0.717, 1.165) is 35.5 Å². The van der Waals surface area contributed by atoms with Crippen LogP contribution in [-0.2, 0) is 0 Å². The fourth-order valence-corrected chi connectivity index (χ4v) is 9.23. The number of rotatable bonds is 7. The molecule has 0 saturated heterocycles. The first-order valence-electron chi connectivity index (χ1n) is 14.0. The molecule has 0 aromatic rings. The fraction of sp³-hybridized carbons (Fsp3) is 1.00. The summed E-state index contributed by atoms with van der Waals surface area (Å²) in [6.07, 6.45) is 19.2. The molecule has 0 nitrogen and oxygen atoms in total. The third-order valence-electron chi connectivity index (χ3n) is 11.1. The van der Waals surface area contributed by atoms with Gasteiger partial charge in [0.1, 0.15) is 0 Å². The predicted octanol–water partition coefficient (Wildman–Crippen LogP) is 9.91. The predicted molar refractivity (Wildman–Crippen MR) is 134 cm³/mol. The Morgan fingerprint density at radius 3 is 2.07 bits per heavy atom. The lowest BCUT2D eigenvalue weighted by molar-refractivity contribution is -0.0966. The zero-order valence-electron chi connectivity index (χ0n) is 22.2. The third-order valence-corrected chi connectivity index (χ3v) is 11.1. The van der Waals surface area contributed by atoms with Crippen LogP contribution in [0.15, 0.2) is 0 Å². The lowest BCUT2D eigenvalue weighted by Gasteiger charge is -2.59. The van der Waals surface area contributed by atoms with Crippen molar-refractivity contribution in [2.45, 2.75) is 139 Å². The van der Waals surface area contributed by atoms with Gasteiger partial charge in [-0.15, -0.1) is 0 Å². The summed E-state index contributed by atoms with van der Waals surface area (Å²) in [6.45, 7) is 20.6. The van der Waals surface area contributed by atoms with Crippen LogP contribution in [0.1, 0.15) is 139 Å². The average molecular weight is 417 g/mol. The minimum atomic E-state index is 0.572. The Kier molecular flexibility index (Phi) is 7.78. The highest BCUT2D eigenvalue weighted by molar-refractivity contribution is 5.02. The van der Waals surface area contributed by atoms with Gasteiger partial charge in [0.15, 0.2) is 0 Å². The van der Waals surface area contributed by atoms with E-state index in [0.29, 0.717) is 16.2 Å². The Hall–Kier alpha value is 0. The fourth-order valence-electron chi connectivity index (χ4n) is 9.23. The molecule has 3 fully saturated rings. The molecule has 0 heterocycles. The van der Waals surface area contributed by atoms with E-state index in [1.165, 1.54) is 83.5 Å². The van der Waals surface area contributed by atoms with Crippen LogP contribution in [0, 0.1) is 51.8 Å². The van der Waals surface area contributed by atoms with Crippen molar-refractivity contribution < 1.29 is 0 Å². The minimum Gasteiger partial charge on any atom is -0.0625 e. The average Bonchev–Trinajstić information content (AvgIpc) is 2.62. The van der Waals surface area contributed by atoms with Gasteiger partial charge in [-0.05, 0) is 90.3 Å². The molecule has 0 amide bonds. The standard InChI is InChI=1S/C30H56/c1-22(15-17-25-23(2)13-10-19-28(25,4)5)12-9-14-26-24(3)16-18-27-29(6,7)20-11-21-30(26,27)8/h22-27H,9-21H2,1-8H3. The van der Waals surface area contributed by atoms with Crippen molar-refractivity contribution in [3.8, 4) is 0 Å². The van der Waals surface area contributed by atoms with E-state index in [4.69, 9.17) is 0 Å². The van der Waals surface area contributed by atoms with Gasteiger partial charge in [-0.25, -0.2) is 0 Å². The largest absolute Gasteiger partial charge is 0.0625 e. The Labute approximate surface area is 190 Å². The van der Waals surface area contributed by atoms with Crippen LogP contribution >= 0.6 is 0 Å². The van der Waals surface area contributed by atoms with Crippen molar-refractivity contribution in [1.29, 1.82) is 0 Å². The van der Waals surface area contributed by atoms with Gasteiger partial charge in [-0.2, -0.15) is 0 Å². The van der Waals surface area contributed by atoms with Gasteiger partial charge in [0.05, 0.1) is 0 Å². The number of hydrogen-bond donors (Lipinski definition) is 0.